The normalized spacial score (nSPS) is 12.9. The maximum Gasteiger partial charge on any atom is 0.186 e. The maximum absolute atomic E-state index is 11.1. The molecule has 0 saturated carbocycles. The fraction of sp³-hybridized carbons (Fsp3) is 0.455. The molecule has 1 unspecified atom stereocenters. The SMILES string of the molecule is COc1cc(C(C)C)c(S(=O)O)cc1C. The van der Waals surface area contributed by atoms with Crippen molar-refractivity contribution in [3.05, 3.63) is 23.3 Å². The third-order valence-corrected chi connectivity index (χ3v) is 3.07. The first-order chi connectivity index (χ1) is 6.97. The van der Waals surface area contributed by atoms with Gasteiger partial charge in [0.25, 0.3) is 0 Å². The fourth-order valence-corrected chi connectivity index (χ4v) is 2.27. The number of hydrogen-bond acceptors (Lipinski definition) is 2. The monoisotopic (exact) mass is 228 g/mol. The van der Waals surface area contributed by atoms with Crippen LogP contribution in [0.15, 0.2) is 17.0 Å². The summed E-state index contributed by atoms with van der Waals surface area (Å²) >= 11 is -1.94. The summed E-state index contributed by atoms with van der Waals surface area (Å²) in [6.07, 6.45) is 0. The largest absolute Gasteiger partial charge is 0.496 e. The Bertz CT molecular complexity index is 386. The van der Waals surface area contributed by atoms with Gasteiger partial charge in [-0.1, -0.05) is 13.8 Å². The second-order valence-corrected chi connectivity index (χ2v) is 4.70. The van der Waals surface area contributed by atoms with Crippen LogP contribution in [0.5, 0.6) is 5.75 Å². The molecule has 0 aromatic heterocycles. The number of ether oxygens (including phenoxy) is 1. The van der Waals surface area contributed by atoms with Gasteiger partial charge >= 0.3 is 0 Å². The lowest BCUT2D eigenvalue weighted by atomic mass is 10.0. The first-order valence-electron chi connectivity index (χ1n) is 4.76. The predicted octanol–water partition coefficient (Wildman–Crippen LogP) is 2.71. The molecule has 0 radical (unpaired) electrons. The minimum atomic E-state index is -1.94. The lowest BCUT2D eigenvalue weighted by Crippen LogP contribution is -2.01. The molecular formula is C11H16O3S. The van der Waals surface area contributed by atoms with Crippen molar-refractivity contribution >= 4 is 11.1 Å². The topological polar surface area (TPSA) is 46.5 Å². The van der Waals surface area contributed by atoms with E-state index in [1.165, 1.54) is 0 Å². The molecule has 1 aromatic carbocycles. The average Bonchev–Trinajstić information content (AvgIpc) is 2.16. The van der Waals surface area contributed by atoms with Crippen LogP contribution in [0.2, 0.25) is 0 Å². The van der Waals surface area contributed by atoms with E-state index in [9.17, 15) is 8.76 Å². The van der Waals surface area contributed by atoms with E-state index in [2.05, 4.69) is 0 Å². The van der Waals surface area contributed by atoms with Crippen LogP contribution in [-0.2, 0) is 11.1 Å². The summed E-state index contributed by atoms with van der Waals surface area (Å²) in [7, 11) is 1.60. The van der Waals surface area contributed by atoms with Crippen molar-refractivity contribution in [2.24, 2.45) is 0 Å². The first-order valence-corrected chi connectivity index (χ1v) is 5.87. The average molecular weight is 228 g/mol. The fourth-order valence-electron chi connectivity index (χ4n) is 1.50. The van der Waals surface area contributed by atoms with E-state index in [-0.39, 0.29) is 5.92 Å². The highest BCUT2D eigenvalue weighted by Gasteiger charge is 2.14. The van der Waals surface area contributed by atoms with Gasteiger partial charge in [0.1, 0.15) is 5.75 Å². The summed E-state index contributed by atoms with van der Waals surface area (Å²) in [5, 5.41) is 0. The lowest BCUT2D eigenvalue weighted by molar-refractivity contribution is 0.410. The van der Waals surface area contributed by atoms with Gasteiger partial charge in [0, 0.05) is 0 Å². The molecule has 0 fully saturated rings. The molecule has 1 atom stereocenters. The zero-order valence-electron chi connectivity index (χ0n) is 9.40. The smallest absolute Gasteiger partial charge is 0.186 e. The van der Waals surface area contributed by atoms with Crippen LogP contribution in [0.4, 0.5) is 0 Å². The molecule has 0 aliphatic carbocycles. The van der Waals surface area contributed by atoms with E-state index >= 15 is 0 Å². The van der Waals surface area contributed by atoms with Crippen LogP contribution in [0.1, 0.15) is 30.9 Å². The van der Waals surface area contributed by atoms with Crippen molar-refractivity contribution < 1.29 is 13.5 Å². The Hall–Kier alpha value is -0.870. The van der Waals surface area contributed by atoms with Gasteiger partial charge in [-0.3, -0.25) is 0 Å². The standard InChI is InChI=1S/C11H16O3S/c1-7(2)9-6-10(14-4)8(3)5-11(9)15(12)13/h5-7H,1-4H3,(H,12,13). The molecule has 84 valence electrons. The molecule has 0 aliphatic heterocycles. The van der Waals surface area contributed by atoms with Gasteiger partial charge < -0.3 is 9.29 Å². The molecule has 0 amide bonds. The van der Waals surface area contributed by atoms with Gasteiger partial charge in [-0.2, -0.15) is 0 Å². The summed E-state index contributed by atoms with van der Waals surface area (Å²) in [6.45, 7) is 5.83. The van der Waals surface area contributed by atoms with Crippen LogP contribution in [0.25, 0.3) is 0 Å². The van der Waals surface area contributed by atoms with E-state index in [1.807, 2.05) is 26.8 Å². The number of methoxy groups -OCH3 is 1. The van der Waals surface area contributed by atoms with E-state index in [0.29, 0.717) is 4.90 Å². The van der Waals surface area contributed by atoms with Gasteiger partial charge in [0.15, 0.2) is 11.1 Å². The van der Waals surface area contributed by atoms with Gasteiger partial charge in [0.05, 0.1) is 12.0 Å². The number of rotatable bonds is 3. The summed E-state index contributed by atoms with van der Waals surface area (Å²) in [5.41, 5.74) is 1.73. The highest BCUT2D eigenvalue weighted by atomic mass is 32.2. The van der Waals surface area contributed by atoms with E-state index < -0.39 is 11.1 Å². The maximum atomic E-state index is 11.1. The van der Waals surface area contributed by atoms with Crippen molar-refractivity contribution in [3.63, 3.8) is 0 Å². The second-order valence-electron chi connectivity index (χ2n) is 3.76. The van der Waals surface area contributed by atoms with Crippen molar-refractivity contribution in [1.29, 1.82) is 0 Å². The Morgan fingerprint density at radius 2 is 2.00 bits per heavy atom. The van der Waals surface area contributed by atoms with Crippen LogP contribution < -0.4 is 4.74 Å². The molecule has 0 heterocycles. The van der Waals surface area contributed by atoms with Crippen molar-refractivity contribution in [3.8, 4) is 5.75 Å². The van der Waals surface area contributed by atoms with Crippen molar-refractivity contribution in [1.82, 2.24) is 0 Å². The molecule has 4 heteroatoms. The number of aryl methyl sites for hydroxylation is 1. The molecule has 0 spiro atoms. The third kappa shape index (κ3) is 2.58. The Morgan fingerprint density at radius 3 is 2.40 bits per heavy atom. The van der Waals surface area contributed by atoms with Crippen LogP contribution in [-0.4, -0.2) is 15.9 Å². The van der Waals surface area contributed by atoms with Gasteiger partial charge in [-0.05, 0) is 36.1 Å². The van der Waals surface area contributed by atoms with Gasteiger partial charge in [-0.15, -0.1) is 0 Å². The number of benzene rings is 1. The third-order valence-electron chi connectivity index (χ3n) is 2.34. The Kier molecular flexibility index (Phi) is 3.88. The Morgan fingerprint density at radius 1 is 1.40 bits per heavy atom. The van der Waals surface area contributed by atoms with Crippen LogP contribution in [0, 0.1) is 6.92 Å². The summed E-state index contributed by atoms with van der Waals surface area (Å²) in [5.74, 6) is 0.957. The van der Waals surface area contributed by atoms with Crippen molar-refractivity contribution in [2.45, 2.75) is 31.6 Å². The highest BCUT2D eigenvalue weighted by Crippen LogP contribution is 2.29. The molecule has 3 nitrogen and oxygen atoms in total. The summed E-state index contributed by atoms with van der Waals surface area (Å²) in [6, 6.07) is 3.55. The van der Waals surface area contributed by atoms with Gasteiger partial charge in [-0.25, -0.2) is 4.21 Å². The van der Waals surface area contributed by atoms with Crippen molar-refractivity contribution in [2.75, 3.05) is 7.11 Å². The number of hydrogen-bond donors (Lipinski definition) is 1. The molecule has 0 aliphatic rings. The predicted molar refractivity (Wildman–Crippen MR) is 60.9 cm³/mol. The van der Waals surface area contributed by atoms with Crippen LogP contribution in [0.3, 0.4) is 0 Å². The van der Waals surface area contributed by atoms with Gasteiger partial charge in [0.2, 0.25) is 0 Å². The minimum absolute atomic E-state index is 0.200. The highest BCUT2D eigenvalue weighted by molar-refractivity contribution is 7.79. The molecule has 15 heavy (non-hydrogen) atoms. The van der Waals surface area contributed by atoms with E-state index in [0.717, 1.165) is 16.9 Å². The minimum Gasteiger partial charge on any atom is -0.496 e. The Balaban J connectivity index is 3.38. The van der Waals surface area contributed by atoms with Crippen LogP contribution >= 0.6 is 0 Å². The zero-order chi connectivity index (χ0) is 11.6. The molecule has 1 N–H and O–H groups in total. The van der Waals surface area contributed by atoms with E-state index in [4.69, 9.17) is 4.74 Å². The molecule has 1 rings (SSSR count). The first kappa shape index (κ1) is 12.2. The molecule has 0 saturated heterocycles. The quantitative estimate of drug-likeness (QED) is 0.809. The Labute approximate surface area is 92.7 Å². The zero-order valence-corrected chi connectivity index (χ0v) is 10.2. The molecule has 0 bridgehead atoms. The van der Waals surface area contributed by atoms with E-state index in [1.54, 1.807) is 13.2 Å². The molecular weight excluding hydrogens is 212 g/mol. The summed E-state index contributed by atoms with van der Waals surface area (Å²) in [4.78, 5) is 0.475. The summed E-state index contributed by atoms with van der Waals surface area (Å²) < 4.78 is 25.5. The lowest BCUT2D eigenvalue weighted by Gasteiger charge is -2.14. The second kappa shape index (κ2) is 4.77. The molecule has 1 aromatic rings.